The van der Waals surface area contributed by atoms with Crippen LogP contribution in [0.15, 0.2) is 0 Å². The Morgan fingerprint density at radius 2 is 1.83 bits per heavy atom. The largest absolute Gasteiger partial charge is 0.395 e. The van der Waals surface area contributed by atoms with Gasteiger partial charge in [0, 0.05) is 19.6 Å². The summed E-state index contributed by atoms with van der Waals surface area (Å²) in [7, 11) is 0. The lowest BCUT2D eigenvalue weighted by molar-refractivity contribution is 0.127. The molecular weight excluding hydrogens is 224 g/mol. The SMILES string of the molecule is CCCCN(CCO)CC(C)(CC)CNCCC. The smallest absolute Gasteiger partial charge is 0.0558 e. The van der Waals surface area contributed by atoms with E-state index in [1.165, 1.54) is 25.7 Å². The monoisotopic (exact) mass is 258 g/mol. The Bertz CT molecular complexity index is 187. The third kappa shape index (κ3) is 8.06. The first kappa shape index (κ1) is 17.9. The standard InChI is InChI=1S/C15H34N2O/c1-5-8-10-17(11-12-18)14-15(4,7-3)13-16-9-6-2/h16,18H,5-14H2,1-4H3. The molecule has 0 bridgehead atoms. The molecular formula is C15H34N2O. The van der Waals surface area contributed by atoms with Gasteiger partial charge in [-0.25, -0.2) is 0 Å². The van der Waals surface area contributed by atoms with Crippen molar-refractivity contribution >= 4 is 0 Å². The highest BCUT2D eigenvalue weighted by Gasteiger charge is 2.24. The van der Waals surface area contributed by atoms with Crippen molar-refractivity contribution in [3.8, 4) is 0 Å². The average molecular weight is 258 g/mol. The number of nitrogens with zero attached hydrogens (tertiary/aromatic N) is 1. The summed E-state index contributed by atoms with van der Waals surface area (Å²) in [4.78, 5) is 2.42. The zero-order valence-corrected chi connectivity index (χ0v) is 13.0. The van der Waals surface area contributed by atoms with Crippen LogP contribution in [-0.2, 0) is 0 Å². The van der Waals surface area contributed by atoms with Gasteiger partial charge in [0.1, 0.15) is 0 Å². The molecule has 1 atom stereocenters. The fourth-order valence-corrected chi connectivity index (χ4v) is 2.19. The molecule has 0 aliphatic heterocycles. The highest BCUT2D eigenvalue weighted by atomic mass is 16.3. The van der Waals surface area contributed by atoms with E-state index in [4.69, 9.17) is 5.11 Å². The molecule has 3 nitrogen and oxygen atoms in total. The molecule has 0 aliphatic carbocycles. The highest BCUT2D eigenvalue weighted by Crippen LogP contribution is 2.21. The van der Waals surface area contributed by atoms with Crippen molar-refractivity contribution in [2.45, 2.75) is 53.4 Å². The summed E-state index contributed by atoms with van der Waals surface area (Å²) in [6, 6.07) is 0. The fraction of sp³-hybridized carbons (Fsp3) is 1.00. The maximum Gasteiger partial charge on any atom is 0.0558 e. The topological polar surface area (TPSA) is 35.5 Å². The molecule has 0 aromatic carbocycles. The summed E-state index contributed by atoms with van der Waals surface area (Å²) >= 11 is 0. The molecule has 0 heterocycles. The van der Waals surface area contributed by atoms with Crippen LogP contribution in [0.5, 0.6) is 0 Å². The van der Waals surface area contributed by atoms with E-state index in [0.717, 1.165) is 32.7 Å². The molecule has 0 aromatic heterocycles. The number of unbranched alkanes of at least 4 members (excludes halogenated alkanes) is 1. The molecule has 1 unspecified atom stereocenters. The van der Waals surface area contributed by atoms with Crippen molar-refractivity contribution in [1.29, 1.82) is 0 Å². The van der Waals surface area contributed by atoms with Crippen molar-refractivity contribution in [3.05, 3.63) is 0 Å². The van der Waals surface area contributed by atoms with Crippen molar-refractivity contribution < 1.29 is 5.11 Å². The molecule has 0 amide bonds. The highest BCUT2D eigenvalue weighted by molar-refractivity contribution is 4.79. The zero-order chi connectivity index (χ0) is 13.9. The second-order valence-corrected chi connectivity index (χ2v) is 5.69. The van der Waals surface area contributed by atoms with E-state index < -0.39 is 0 Å². The minimum atomic E-state index is 0.270. The van der Waals surface area contributed by atoms with Gasteiger partial charge in [0.25, 0.3) is 0 Å². The third-order valence-electron chi connectivity index (χ3n) is 3.68. The van der Waals surface area contributed by atoms with Crippen LogP contribution in [0.25, 0.3) is 0 Å². The Kier molecular flexibility index (Phi) is 10.7. The molecule has 2 N–H and O–H groups in total. The number of nitrogens with one attached hydrogen (secondary N) is 1. The van der Waals surface area contributed by atoms with E-state index >= 15 is 0 Å². The first-order valence-electron chi connectivity index (χ1n) is 7.65. The van der Waals surface area contributed by atoms with Gasteiger partial charge in [0.2, 0.25) is 0 Å². The van der Waals surface area contributed by atoms with E-state index in [1.54, 1.807) is 0 Å². The van der Waals surface area contributed by atoms with Gasteiger partial charge >= 0.3 is 0 Å². The normalized spacial score (nSPS) is 15.0. The van der Waals surface area contributed by atoms with Crippen LogP contribution in [-0.4, -0.2) is 49.3 Å². The number of hydrogen-bond acceptors (Lipinski definition) is 3. The van der Waals surface area contributed by atoms with Crippen LogP contribution in [0.3, 0.4) is 0 Å². The lowest BCUT2D eigenvalue weighted by Gasteiger charge is -2.35. The van der Waals surface area contributed by atoms with Gasteiger partial charge in [0.05, 0.1) is 6.61 Å². The van der Waals surface area contributed by atoms with E-state index in [0.29, 0.717) is 5.41 Å². The van der Waals surface area contributed by atoms with E-state index in [2.05, 4.69) is 37.9 Å². The van der Waals surface area contributed by atoms with Gasteiger partial charge in [-0.3, -0.25) is 0 Å². The summed E-state index contributed by atoms with van der Waals surface area (Å²) in [5, 5.41) is 12.7. The lowest BCUT2D eigenvalue weighted by atomic mass is 9.86. The van der Waals surface area contributed by atoms with E-state index in [9.17, 15) is 0 Å². The summed E-state index contributed by atoms with van der Waals surface area (Å²) in [6.45, 7) is 14.5. The number of aliphatic hydroxyl groups is 1. The maximum absolute atomic E-state index is 9.16. The number of aliphatic hydroxyl groups excluding tert-OH is 1. The lowest BCUT2D eigenvalue weighted by Crippen LogP contribution is -2.43. The van der Waals surface area contributed by atoms with Crippen LogP contribution in [0.2, 0.25) is 0 Å². The molecule has 0 saturated heterocycles. The Morgan fingerprint density at radius 3 is 2.33 bits per heavy atom. The number of hydrogen-bond donors (Lipinski definition) is 2. The van der Waals surface area contributed by atoms with Crippen molar-refractivity contribution in [3.63, 3.8) is 0 Å². The zero-order valence-electron chi connectivity index (χ0n) is 13.0. The van der Waals surface area contributed by atoms with Gasteiger partial charge in [-0.1, -0.05) is 34.1 Å². The van der Waals surface area contributed by atoms with E-state index in [-0.39, 0.29) is 6.61 Å². The predicted molar refractivity (Wildman–Crippen MR) is 80.0 cm³/mol. The molecule has 0 saturated carbocycles. The summed E-state index contributed by atoms with van der Waals surface area (Å²) in [5.74, 6) is 0. The minimum Gasteiger partial charge on any atom is -0.395 e. The average Bonchev–Trinajstić information content (AvgIpc) is 2.36. The summed E-state index contributed by atoms with van der Waals surface area (Å²) < 4.78 is 0. The Balaban J connectivity index is 4.23. The third-order valence-corrected chi connectivity index (χ3v) is 3.68. The van der Waals surface area contributed by atoms with Crippen molar-refractivity contribution in [2.24, 2.45) is 5.41 Å². The van der Waals surface area contributed by atoms with Crippen LogP contribution >= 0.6 is 0 Å². The molecule has 110 valence electrons. The Hall–Kier alpha value is -0.120. The van der Waals surface area contributed by atoms with Crippen LogP contribution in [0.1, 0.15) is 53.4 Å². The van der Waals surface area contributed by atoms with Gasteiger partial charge in [-0.15, -0.1) is 0 Å². The van der Waals surface area contributed by atoms with Crippen molar-refractivity contribution in [2.75, 3.05) is 39.3 Å². The maximum atomic E-state index is 9.16. The Morgan fingerprint density at radius 1 is 1.11 bits per heavy atom. The second kappa shape index (κ2) is 10.8. The number of rotatable bonds is 12. The van der Waals surface area contributed by atoms with Crippen LogP contribution < -0.4 is 5.32 Å². The molecule has 18 heavy (non-hydrogen) atoms. The molecule has 0 fully saturated rings. The van der Waals surface area contributed by atoms with Gasteiger partial charge in [-0.05, 0) is 37.8 Å². The molecule has 3 heteroatoms. The van der Waals surface area contributed by atoms with Crippen LogP contribution in [0.4, 0.5) is 0 Å². The Labute approximate surface area is 114 Å². The van der Waals surface area contributed by atoms with Gasteiger partial charge < -0.3 is 15.3 Å². The second-order valence-electron chi connectivity index (χ2n) is 5.69. The predicted octanol–water partition coefficient (Wildman–Crippen LogP) is 2.50. The first-order valence-corrected chi connectivity index (χ1v) is 7.65. The summed E-state index contributed by atoms with van der Waals surface area (Å²) in [5.41, 5.74) is 0.318. The molecule has 0 radical (unpaired) electrons. The van der Waals surface area contributed by atoms with Gasteiger partial charge in [0.15, 0.2) is 0 Å². The quantitative estimate of drug-likeness (QED) is 0.528. The van der Waals surface area contributed by atoms with E-state index in [1.807, 2.05) is 0 Å². The van der Waals surface area contributed by atoms with Gasteiger partial charge in [-0.2, -0.15) is 0 Å². The molecule has 0 spiro atoms. The molecule has 0 aliphatic rings. The minimum absolute atomic E-state index is 0.270. The fourth-order valence-electron chi connectivity index (χ4n) is 2.19. The molecule has 0 aromatic rings. The van der Waals surface area contributed by atoms with Crippen molar-refractivity contribution in [1.82, 2.24) is 10.2 Å². The first-order chi connectivity index (χ1) is 8.61. The van der Waals surface area contributed by atoms with Crippen LogP contribution in [0, 0.1) is 5.41 Å². The molecule has 0 rings (SSSR count). The summed E-state index contributed by atoms with van der Waals surface area (Å²) in [6.07, 6.45) is 4.81.